The lowest BCUT2D eigenvalue weighted by atomic mass is 10.1. The average molecular weight is 550 g/mol. The zero-order valence-electron chi connectivity index (χ0n) is 22.3. The van der Waals surface area contributed by atoms with E-state index in [2.05, 4.69) is 24.0 Å². The number of imidazole rings is 1. The second-order valence-electron chi connectivity index (χ2n) is 10.2. The molecule has 9 nitrogen and oxygen atoms in total. The molecule has 0 N–H and O–H groups in total. The monoisotopic (exact) mass is 549 g/mol. The molecule has 0 fully saturated rings. The van der Waals surface area contributed by atoms with Crippen molar-refractivity contribution in [1.29, 1.82) is 0 Å². The van der Waals surface area contributed by atoms with Crippen LogP contribution >= 0.6 is 0 Å². The van der Waals surface area contributed by atoms with Crippen molar-refractivity contribution in [1.82, 2.24) is 24.6 Å². The molecule has 1 amide bonds. The first-order chi connectivity index (χ1) is 19.2. The van der Waals surface area contributed by atoms with Gasteiger partial charge in [-0.25, -0.2) is 23.1 Å². The Morgan fingerprint density at radius 2 is 1.88 bits per heavy atom. The van der Waals surface area contributed by atoms with Crippen molar-refractivity contribution in [2.45, 2.75) is 40.3 Å². The molecule has 4 heterocycles. The highest BCUT2D eigenvalue weighted by molar-refractivity contribution is 6.18. The number of benzene rings is 2. The number of amides is 1. The maximum absolute atomic E-state index is 14.9. The second-order valence-corrected chi connectivity index (χ2v) is 10.2. The summed E-state index contributed by atoms with van der Waals surface area (Å²) in [5, 5.41) is 3.75. The predicted molar refractivity (Wildman–Crippen MR) is 141 cm³/mol. The Morgan fingerprint density at radius 3 is 2.55 bits per heavy atom. The minimum atomic E-state index is -0.734. The number of nitrogens with zero attached hydrogens (tertiary/aromatic N) is 7. The summed E-state index contributed by atoms with van der Waals surface area (Å²) in [7, 11) is 0. The van der Waals surface area contributed by atoms with Crippen LogP contribution < -0.4 is 4.90 Å². The number of halogens is 3. The molecule has 2 aromatic carbocycles. The number of guanidine groups is 1. The molecule has 0 spiro atoms. The van der Waals surface area contributed by atoms with Crippen molar-refractivity contribution in [3.63, 3.8) is 0 Å². The molecule has 0 aliphatic carbocycles. The van der Waals surface area contributed by atoms with Crippen molar-refractivity contribution in [2.24, 2.45) is 10.9 Å². The largest absolute Gasteiger partial charge is 0.334 e. The van der Waals surface area contributed by atoms with E-state index in [1.807, 2.05) is 11.8 Å². The van der Waals surface area contributed by atoms with E-state index in [1.165, 1.54) is 30.3 Å². The molecule has 6 rings (SSSR count). The first-order valence-electron chi connectivity index (χ1n) is 13.0. The van der Waals surface area contributed by atoms with Gasteiger partial charge < -0.3 is 9.09 Å². The van der Waals surface area contributed by atoms with E-state index in [4.69, 9.17) is 14.5 Å². The van der Waals surface area contributed by atoms with Gasteiger partial charge in [-0.15, -0.1) is 0 Å². The van der Waals surface area contributed by atoms with Crippen molar-refractivity contribution >= 4 is 17.7 Å². The van der Waals surface area contributed by atoms with E-state index in [0.717, 1.165) is 6.07 Å². The highest BCUT2D eigenvalue weighted by Crippen LogP contribution is 2.38. The van der Waals surface area contributed by atoms with Gasteiger partial charge in [-0.1, -0.05) is 25.1 Å². The normalized spacial score (nSPS) is 16.6. The van der Waals surface area contributed by atoms with Crippen molar-refractivity contribution < 1.29 is 22.5 Å². The molecule has 0 unspecified atom stereocenters. The van der Waals surface area contributed by atoms with Crippen LogP contribution in [0.1, 0.15) is 42.6 Å². The molecule has 0 bridgehead atoms. The number of aliphatic imine (C=N–C) groups is 1. The topological polar surface area (TPSA) is 92.7 Å². The van der Waals surface area contributed by atoms with Crippen molar-refractivity contribution in [3.8, 4) is 22.8 Å². The zero-order chi connectivity index (χ0) is 28.3. The SMILES string of the molecule is CCN1C(=O)c2nc(-c3ccc(F)c(-c4nc(C)no4)c3)n(Cc3ccc(F)cc3F)c2N2C[C@@H](C(C)C)N=C12. The van der Waals surface area contributed by atoms with Gasteiger partial charge in [0.15, 0.2) is 11.5 Å². The van der Waals surface area contributed by atoms with E-state index >= 15 is 0 Å². The van der Waals surface area contributed by atoms with Gasteiger partial charge in [0.2, 0.25) is 5.96 Å². The van der Waals surface area contributed by atoms with Crippen LogP contribution in [0.2, 0.25) is 0 Å². The number of rotatable bonds is 6. The summed E-state index contributed by atoms with van der Waals surface area (Å²) in [6.45, 7) is 8.41. The zero-order valence-corrected chi connectivity index (χ0v) is 22.3. The molecule has 12 heteroatoms. The van der Waals surface area contributed by atoms with E-state index < -0.39 is 17.5 Å². The molecule has 4 aromatic rings. The van der Waals surface area contributed by atoms with Crippen LogP contribution in [0.3, 0.4) is 0 Å². The number of hydrogen-bond acceptors (Lipinski definition) is 7. The molecule has 2 aromatic heterocycles. The van der Waals surface area contributed by atoms with Crippen molar-refractivity contribution in [3.05, 3.63) is 70.9 Å². The summed E-state index contributed by atoms with van der Waals surface area (Å²) >= 11 is 0. The maximum atomic E-state index is 14.9. The van der Waals surface area contributed by atoms with Gasteiger partial charge in [-0.05, 0) is 44.0 Å². The first-order valence-corrected chi connectivity index (χ1v) is 13.0. The Bertz CT molecular complexity index is 1680. The number of carbonyl (C=O) groups is 1. The molecule has 206 valence electrons. The lowest BCUT2D eigenvalue weighted by Gasteiger charge is -2.33. The summed E-state index contributed by atoms with van der Waals surface area (Å²) in [5.41, 5.74) is 0.866. The van der Waals surface area contributed by atoms with Crippen molar-refractivity contribution in [2.75, 3.05) is 18.0 Å². The van der Waals surface area contributed by atoms with E-state index in [0.29, 0.717) is 42.1 Å². The van der Waals surface area contributed by atoms with E-state index in [9.17, 15) is 18.0 Å². The minimum Gasteiger partial charge on any atom is -0.334 e. The molecule has 0 radical (unpaired) electrons. The fraction of sp³-hybridized carbons (Fsp3) is 0.321. The summed E-state index contributed by atoms with van der Waals surface area (Å²) in [6.07, 6.45) is 0. The Balaban J connectivity index is 1.57. The number of aromatic nitrogens is 4. The standard InChI is InChI=1S/C28H26F3N7O2/c1-5-36-27(39)23-26(38-13-22(14(2)3)33-28(36)38)37(12-17-6-8-18(29)11-21(17)31)24(34-23)16-7-9-20(30)19(10-16)25-32-15(4)35-40-25/h6-11,14,22H,5,12-13H2,1-4H3/t22-/m0/s1. The van der Waals surface area contributed by atoms with Crippen LogP contribution in [0.4, 0.5) is 19.0 Å². The highest BCUT2D eigenvalue weighted by Gasteiger charge is 2.44. The van der Waals surface area contributed by atoms with Gasteiger partial charge >= 0.3 is 0 Å². The summed E-state index contributed by atoms with van der Waals surface area (Å²) in [5.74, 6) is -0.559. The Labute approximate surface area is 228 Å². The van der Waals surface area contributed by atoms with Crippen LogP contribution in [0.15, 0.2) is 45.9 Å². The van der Waals surface area contributed by atoms with Crippen LogP contribution in [-0.4, -0.2) is 55.6 Å². The number of carbonyl (C=O) groups excluding carboxylic acids is 1. The molecule has 2 aliphatic rings. The smallest absolute Gasteiger partial charge is 0.283 e. The molecular formula is C28H26F3N7O2. The van der Waals surface area contributed by atoms with Gasteiger partial charge in [0.05, 0.1) is 24.7 Å². The highest BCUT2D eigenvalue weighted by atomic mass is 19.1. The van der Waals surface area contributed by atoms with Gasteiger partial charge in [0, 0.05) is 23.7 Å². The average Bonchev–Trinajstić information content (AvgIpc) is 3.64. The van der Waals surface area contributed by atoms with Crippen LogP contribution in [-0.2, 0) is 6.54 Å². The van der Waals surface area contributed by atoms with Gasteiger partial charge in [0.25, 0.3) is 11.8 Å². The second kappa shape index (κ2) is 9.61. The number of anilines is 1. The predicted octanol–water partition coefficient (Wildman–Crippen LogP) is 5.05. The third kappa shape index (κ3) is 4.14. The number of fused-ring (bicyclic) bond motifs is 3. The third-order valence-corrected chi connectivity index (χ3v) is 7.19. The fourth-order valence-corrected chi connectivity index (χ4v) is 5.07. The number of aryl methyl sites for hydroxylation is 1. The summed E-state index contributed by atoms with van der Waals surface area (Å²) in [6, 6.07) is 7.55. The van der Waals surface area contributed by atoms with E-state index in [1.54, 1.807) is 16.4 Å². The van der Waals surface area contributed by atoms with Gasteiger partial charge in [0.1, 0.15) is 29.1 Å². The van der Waals surface area contributed by atoms with E-state index in [-0.39, 0.29) is 47.1 Å². The molecule has 1 atom stereocenters. The van der Waals surface area contributed by atoms with Crippen LogP contribution in [0.25, 0.3) is 22.8 Å². The molecule has 0 saturated heterocycles. The molecule has 40 heavy (non-hydrogen) atoms. The number of hydrogen-bond donors (Lipinski definition) is 0. The van der Waals surface area contributed by atoms with Crippen LogP contribution in [0.5, 0.6) is 0 Å². The first kappa shape index (κ1) is 25.8. The Hall–Kier alpha value is -4.48. The minimum absolute atomic E-state index is 0.00808. The van der Waals surface area contributed by atoms with Crippen LogP contribution in [0, 0.1) is 30.3 Å². The van der Waals surface area contributed by atoms with Gasteiger partial charge in [-0.3, -0.25) is 14.6 Å². The molecular weight excluding hydrogens is 523 g/mol. The summed E-state index contributed by atoms with van der Waals surface area (Å²) < 4.78 is 50.4. The Morgan fingerprint density at radius 1 is 1.07 bits per heavy atom. The quantitative estimate of drug-likeness (QED) is 0.334. The molecule has 0 saturated carbocycles. The maximum Gasteiger partial charge on any atom is 0.283 e. The lowest BCUT2D eigenvalue weighted by molar-refractivity contribution is 0.0841. The van der Waals surface area contributed by atoms with Gasteiger partial charge in [-0.2, -0.15) is 4.98 Å². The summed E-state index contributed by atoms with van der Waals surface area (Å²) in [4.78, 5) is 30.9. The third-order valence-electron chi connectivity index (χ3n) is 7.19. The fourth-order valence-electron chi connectivity index (χ4n) is 5.07. The Kier molecular flexibility index (Phi) is 6.20. The molecule has 2 aliphatic heterocycles. The lowest BCUT2D eigenvalue weighted by Crippen LogP contribution is -2.50.